The lowest BCUT2D eigenvalue weighted by Gasteiger charge is -2.22. The summed E-state index contributed by atoms with van der Waals surface area (Å²) in [6, 6.07) is 6.17. The number of ether oxygens (including phenoxy) is 1. The van der Waals surface area contributed by atoms with Crippen LogP contribution in [0, 0.1) is 0 Å². The summed E-state index contributed by atoms with van der Waals surface area (Å²) in [5.41, 5.74) is 0.345. The number of aliphatic imine (C=N–C) groups is 1. The Bertz CT molecular complexity index is 659. The van der Waals surface area contributed by atoms with E-state index in [1.807, 2.05) is 0 Å². The van der Waals surface area contributed by atoms with Gasteiger partial charge in [0.1, 0.15) is 5.75 Å². The Morgan fingerprint density at radius 3 is 2.57 bits per heavy atom. The van der Waals surface area contributed by atoms with Gasteiger partial charge in [-0.25, -0.2) is 0 Å². The molecule has 0 aromatic heterocycles. The Labute approximate surface area is 162 Å². The van der Waals surface area contributed by atoms with Gasteiger partial charge in [-0.1, -0.05) is 37.5 Å². The SMILES string of the molecule is CN=C(NCCC(=O)NC1CCCCC1)NCc1ccccc1OC(F)(F)F. The molecule has 1 saturated carbocycles. The van der Waals surface area contributed by atoms with Gasteiger partial charge >= 0.3 is 6.36 Å². The number of nitrogens with one attached hydrogen (secondary N) is 3. The minimum absolute atomic E-state index is 0.0150. The molecule has 2 rings (SSSR count). The van der Waals surface area contributed by atoms with E-state index in [1.165, 1.54) is 18.6 Å². The summed E-state index contributed by atoms with van der Waals surface area (Å²) in [6.07, 6.45) is 1.14. The van der Waals surface area contributed by atoms with Gasteiger partial charge in [0.15, 0.2) is 5.96 Å². The normalized spacial score (nSPS) is 15.8. The molecule has 0 bridgehead atoms. The predicted octanol–water partition coefficient (Wildman–Crippen LogP) is 3.09. The number of rotatable bonds is 7. The van der Waals surface area contributed by atoms with Crippen molar-refractivity contribution in [1.82, 2.24) is 16.0 Å². The topological polar surface area (TPSA) is 74.8 Å². The van der Waals surface area contributed by atoms with Crippen LogP contribution < -0.4 is 20.7 Å². The number of benzene rings is 1. The van der Waals surface area contributed by atoms with Crippen LogP contribution in [0.2, 0.25) is 0 Å². The predicted molar refractivity (Wildman–Crippen MR) is 101 cm³/mol. The van der Waals surface area contributed by atoms with Crippen molar-refractivity contribution >= 4 is 11.9 Å². The van der Waals surface area contributed by atoms with Gasteiger partial charge in [-0.2, -0.15) is 0 Å². The van der Waals surface area contributed by atoms with E-state index in [-0.39, 0.29) is 24.2 Å². The summed E-state index contributed by atoms with van der Waals surface area (Å²) in [5.74, 6) is 0.121. The number of nitrogens with zero attached hydrogens (tertiary/aromatic N) is 1. The third-order valence-electron chi connectivity index (χ3n) is 4.48. The number of carbonyl (C=O) groups is 1. The summed E-state index contributed by atoms with van der Waals surface area (Å²) in [7, 11) is 1.55. The van der Waals surface area contributed by atoms with Crippen molar-refractivity contribution < 1.29 is 22.7 Å². The molecular weight excluding hydrogens is 373 g/mol. The van der Waals surface area contributed by atoms with Crippen LogP contribution in [-0.2, 0) is 11.3 Å². The number of para-hydroxylation sites is 1. The number of hydrogen-bond acceptors (Lipinski definition) is 3. The van der Waals surface area contributed by atoms with E-state index < -0.39 is 6.36 Å². The van der Waals surface area contributed by atoms with Crippen molar-refractivity contribution in [3.05, 3.63) is 29.8 Å². The first kappa shape index (κ1) is 21.8. The molecule has 0 saturated heterocycles. The molecule has 0 unspecified atom stereocenters. The number of amides is 1. The van der Waals surface area contributed by atoms with Crippen LogP contribution in [0.3, 0.4) is 0 Å². The third-order valence-corrected chi connectivity index (χ3v) is 4.48. The molecule has 1 aliphatic rings. The number of carbonyl (C=O) groups excluding carboxylic acids is 1. The molecule has 9 heteroatoms. The van der Waals surface area contributed by atoms with Crippen LogP contribution in [0.5, 0.6) is 5.75 Å². The molecule has 1 fully saturated rings. The average molecular weight is 400 g/mol. The maximum absolute atomic E-state index is 12.5. The van der Waals surface area contributed by atoms with Gasteiger partial charge in [-0.05, 0) is 18.9 Å². The third kappa shape index (κ3) is 8.06. The zero-order valence-corrected chi connectivity index (χ0v) is 15.9. The van der Waals surface area contributed by atoms with Crippen LogP contribution in [0.15, 0.2) is 29.3 Å². The second kappa shape index (κ2) is 10.8. The van der Waals surface area contributed by atoms with Crippen molar-refractivity contribution in [3.8, 4) is 5.75 Å². The second-order valence-corrected chi connectivity index (χ2v) is 6.66. The van der Waals surface area contributed by atoms with Gasteiger partial charge in [-0.3, -0.25) is 9.79 Å². The molecule has 0 heterocycles. The van der Waals surface area contributed by atoms with E-state index in [0.29, 0.717) is 24.5 Å². The molecule has 0 radical (unpaired) electrons. The Morgan fingerprint density at radius 1 is 1.18 bits per heavy atom. The van der Waals surface area contributed by atoms with Crippen molar-refractivity contribution in [2.24, 2.45) is 4.99 Å². The highest BCUT2D eigenvalue weighted by molar-refractivity contribution is 5.81. The summed E-state index contributed by atoms with van der Waals surface area (Å²) in [4.78, 5) is 16.0. The van der Waals surface area contributed by atoms with Gasteiger partial charge < -0.3 is 20.7 Å². The maximum Gasteiger partial charge on any atom is 0.573 e. The highest BCUT2D eigenvalue weighted by atomic mass is 19.4. The Morgan fingerprint density at radius 2 is 1.89 bits per heavy atom. The largest absolute Gasteiger partial charge is 0.573 e. The summed E-state index contributed by atoms with van der Waals surface area (Å²) in [6.45, 7) is 0.471. The van der Waals surface area contributed by atoms with E-state index in [2.05, 4.69) is 25.7 Å². The Hall–Kier alpha value is -2.45. The quantitative estimate of drug-likeness (QED) is 0.486. The molecule has 156 valence electrons. The lowest BCUT2D eigenvalue weighted by atomic mass is 9.95. The first-order chi connectivity index (χ1) is 13.4. The highest BCUT2D eigenvalue weighted by Gasteiger charge is 2.31. The highest BCUT2D eigenvalue weighted by Crippen LogP contribution is 2.26. The monoisotopic (exact) mass is 400 g/mol. The first-order valence-corrected chi connectivity index (χ1v) is 9.45. The molecule has 6 nitrogen and oxygen atoms in total. The van der Waals surface area contributed by atoms with Crippen molar-refractivity contribution in [2.45, 2.75) is 57.5 Å². The van der Waals surface area contributed by atoms with Gasteiger partial charge in [0.25, 0.3) is 0 Å². The summed E-state index contributed by atoms with van der Waals surface area (Å²) < 4.78 is 41.5. The summed E-state index contributed by atoms with van der Waals surface area (Å²) in [5, 5.41) is 8.95. The van der Waals surface area contributed by atoms with Crippen LogP contribution >= 0.6 is 0 Å². The molecule has 1 aromatic rings. The van der Waals surface area contributed by atoms with Crippen molar-refractivity contribution in [1.29, 1.82) is 0 Å². The minimum Gasteiger partial charge on any atom is -0.405 e. The Balaban J connectivity index is 1.75. The van der Waals surface area contributed by atoms with Gasteiger partial charge in [-0.15, -0.1) is 13.2 Å². The van der Waals surface area contributed by atoms with E-state index in [4.69, 9.17) is 0 Å². The standard InChI is InChI=1S/C19H27F3N4O2/c1-23-18(24-12-11-17(27)26-15-8-3-2-4-9-15)25-13-14-7-5-6-10-16(14)28-19(20,21)22/h5-7,10,15H,2-4,8-9,11-13H2,1H3,(H,26,27)(H2,23,24,25). The minimum atomic E-state index is -4.75. The molecule has 0 spiro atoms. The fraction of sp³-hybridized carbons (Fsp3) is 0.579. The van der Waals surface area contributed by atoms with Crippen molar-refractivity contribution in [2.75, 3.05) is 13.6 Å². The van der Waals surface area contributed by atoms with Crippen LogP contribution in [0.25, 0.3) is 0 Å². The second-order valence-electron chi connectivity index (χ2n) is 6.66. The fourth-order valence-corrected chi connectivity index (χ4v) is 3.11. The molecule has 28 heavy (non-hydrogen) atoms. The van der Waals surface area contributed by atoms with Gasteiger partial charge in [0, 0.05) is 38.2 Å². The maximum atomic E-state index is 12.5. The first-order valence-electron chi connectivity index (χ1n) is 9.45. The van der Waals surface area contributed by atoms with E-state index in [1.54, 1.807) is 19.2 Å². The zero-order valence-electron chi connectivity index (χ0n) is 15.9. The van der Waals surface area contributed by atoms with Crippen LogP contribution in [0.4, 0.5) is 13.2 Å². The molecule has 1 amide bonds. The smallest absolute Gasteiger partial charge is 0.405 e. The molecular formula is C19H27F3N4O2. The van der Waals surface area contributed by atoms with E-state index in [0.717, 1.165) is 25.7 Å². The van der Waals surface area contributed by atoms with Gasteiger partial charge in [0.2, 0.25) is 5.91 Å². The Kier molecular flexibility index (Phi) is 8.41. The van der Waals surface area contributed by atoms with E-state index in [9.17, 15) is 18.0 Å². The average Bonchev–Trinajstić information content (AvgIpc) is 2.65. The molecule has 0 atom stereocenters. The summed E-state index contributed by atoms with van der Waals surface area (Å²) >= 11 is 0. The van der Waals surface area contributed by atoms with Crippen LogP contribution in [0.1, 0.15) is 44.1 Å². The van der Waals surface area contributed by atoms with Gasteiger partial charge in [0.05, 0.1) is 0 Å². The zero-order chi connectivity index (χ0) is 20.4. The number of halogens is 3. The fourth-order valence-electron chi connectivity index (χ4n) is 3.11. The van der Waals surface area contributed by atoms with E-state index >= 15 is 0 Å². The lowest BCUT2D eigenvalue weighted by Crippen LogP contribution is -2.41. The van der Waals surface area contributed by atoms with Crippen LogP contribution in [-0.4, -0.2) is 37.9 Å². The number of alkyl halides is 3. The molecule has 3 N–H and O–H groups in total. The number of hydrogen-bond donors (Lipinski definition) is 3. The number of guanidine groups is 1. The molecule has 1 aliphatic carbocycles. The lowest BCUT2D eigenvalue weighted by molar-refractivity contribution is -0.274. The van der Waals surface area contributed by atoms with Crippen molar-refractivity contribution in [3.63, 3.8) is 0 Å². The molecule has 1 aromatic carbocycles. The molecule has 0 aliphatic heterocycles.